The van der Waals surface area contributed by atoms with Crippen molar-refractivity contribution >= 4 is 11.0 Å². The van der Waals surface area contributed by atoms with Gasteiger partial charge in [0, 0.05) is 6.07 Å². The van der Waals surface area contributed by atoms with Crippen LogP contribution in [-0.2, 0) is 0 Å². The number of benzene rings is 2. The molecule has 26 heavy (non-hydrogen) atoms. The molecule has 0 amide bonds. The van der Waals surface area contributed by atoms with E-state index < -0.39 is 16.9 Å². The molecule has 0 saturated heterocycles. The molecule has 0 aliphatic heterocycles. The third-order valence-corrected chi connectivity index (χ3v) is 3.97. The lowest BCUT2D eigenvalue weighted by atomic mass is 10.0. The van der Waals surface area contributed by atoms with Crippen LogP contribution in [0, 0.1) is 0 Å². The molecular weight excluding hydrogens is 344 g/mol. The van der Waals surface area contributed by atoms with Crippen LogP contribution in [0.2, 0.25) is 0 Å². The highest BCUT2D eigenvalue weighted by Gasteiger charge is 2.21. The van der Waals surface area contributed by atoms with Crippen LogP contribution in [0.5, 0.6) is 34.5 Å². The van der Waals surface area contributed by atoms with Gasteiger partial charge < -0.3 is 33.9 Å². The van der Waals surface area contributed by atoms with Gasteiger partial charge in [-0.2, -0.15) is 0 Å². The molecule has 0 radical (unpaired) electrons. The van der Waals surface area contributed by atoms with E-state index in [1.54, 1.807) is 0 Å². The van der Waals surface area contributed by atoms with Crippen LogP contribution in [-0.4, -0.2) is 36.6 Å². The Morgan fingerprint density at radius 1 is 0.885 bits per heavy atom. The van der Waals surface area contributed by atoms with Crippen LogP contribution in [0.3, 0.4) is 0 Å². The molecule has 3 rings (SSSR count). The molecule has 0 saturated carbocycles. The molecule has 8 heteroatoms. The third-order valence-electron chi connectivity index (χ3n) is 3.97. The SMILES string of the molecule is COc1cc(-c2coc3cc(OC)c(O)c(OC)c3c2=O)cc(O)c1O. The highest BCUT2D eigenvalue weighted by molar-refractivity contribution is 5.91. The predicted octanol–water partition coefficient (Wildman–Crippen LogP) is 2.60. The summed E-state index contributed by atoms with van der Waals surface area (Å²) < 4.78 is 20.7. The monoisotopic (exact) mass is 360 g/mol. The van der Waals surface area contributed by atoms with Crippen LogP contribution < -0.4 is 19.6 Å². The van der Waals surface area contributed by atoms with E-state index >= 15 is 0 Å². The zero-order valence-corrected chi connectivity index (χ0v) is 14.2. The number of hydrogen-bond donors (Lipinski definition) is 3. The maximum Gasteiger partial charge on any atom is 0.204 e. The van der Waals surface area contributed by atoms with Crippen LogP contribution in [0.1, 0.15) is 0 Å². The van der Waals surface area contributed by atoms with Gasteiger partial charge in [0.15, 0.2) is 23.0 Å². The predicted molar refractivity (Wildman–Crippen MR) is 92.6 cm³/mol. The zero-order chi connectivity index (χ0) is 19.0. The fourth-order valence-corrected chi connectivity index (χ4v) is 2.68. The Kier molecular flexibility index (Phi) is 4.25. The topological polar surface area (TPSA) is 119 Å². The van der Waals surface area contributed by atoms with Crippen molar-refractivity contribution in [2.24, 2.45) is 0 Å². The lowest BCUT2D eigenvalue weighted by Crippen LogP contribution is -2.07. The number of hydrogen-bond acceptors (Lipinski definition) is 8. The normalized spacial score (nSPS) is 10.7. The Hall–Kier alpha value is -3.55. The van der Waals surface area contributed by atoms with Crippen molar-refractivity contribution in [2.75, 3.05) is 21.3 Å². The van der Waals surface area contributed by atoms with Gasteiger partial charge in [0.2, 0.25) is 16.9 Å². The quantitative estimate of drug-likeness (QED) is 0.608. The molecule has 0 spiro atoms. The Morgan fingerprint density at radius 3 is 2.15 bits per heavy atom. The first-order valence-corrected chi connectivity index (χ1v) is 7.42. The number of rotatable bonds is 4. The fourth-order valence-electron chi connectivity index (χ4n) is 2.68. The maximum atomic E-state index is 13.0. The largest absolute Gasteiger partial charge is 0.504 e. The lowest BCUT2D eigenvalue weighted by molar-refractivity contribution is 0.342. The second kappa shape index (κ2) is 6.40. The van der Waals surface area contributed by atoms with E-state index in [1.807, 2.05) is 0 Å². The zero-order valence-electron chi connectivity index (χ0n) is 14.2. The van der Waals surface area contributed by atoms with Crippen LogP contribution in [0.15, 0.2) is 33.7 Å². The highest BCUT2D eigenvalue weighted by atomic mass is 16.5. The van der Waals surface area contributed by atoms with Crippen LogP contribution >= 0.6 is 0 Å². The van der Waals surface area contributed by atoms with Crippen molar-refractivity contribution in [3.05, 3.63) is 34.7 Å². The van der Waals surface area contributed by atoms with Crippen molar-refractivity contribution in [3.63, 3.8) is 0 Å². The Balaban J connectivity index is 2.35. The first-order chi connectivity index (χ1) is 12.4. The minimum Gasteiger partial charge on any atom is -0.504 e. The van der Waals surface area contributed by atoms with E-state index in [1.165, 1.54) is 45.8 Å². The molecule has 8 nitrogen and oxygen atoms in total. The summed E-state index contributed by atoms with van der Waals surface area (Å²) in [6, 6.07) is 3.95. The molecule has 136 valence electrons. The minimum atomic E-state index is -0.506. The van der Waals surface area contributed by atoms with E-state index in [2.05, 4.69) is 0 Å². The van der Waals surface area contributed by atoms with Gasteiger partial charge in [-0.15, -0.1) is 0 Å². The number of fused-ring (bicyclic) bond motifs is 1. The second-order valence-corrected chi connectivity index (χ2v) is 5.36. The summed E-state index contributed by atoms with van der Waals surface area (Å²) >= 11 is 0. The number of methoxy groups -OCH3 is 3. The minimum absolute atomic E-state index is 0.00910. The summed E-state index contributed by atoms with van der Waals surface area (Å²) in [5, 5.41) is 29.8. The molecule has 3 N–H and O–H groups in total. The first-order valence-electron chi connectivity index (χ1n) is 7.42. The molecule has 0 bridgehead atoms. The Morgan fingerprint density at radius 2 is 1.54 bits per heavy atom. The smallest absolute Gasteiger partial charge is 0.204 e. The van der Waals surface area contributed by atoms with Crippen molar-refractivity contribution < 1.29 is 33.9 Å². The molecule has 1 heterocycles. The summed E-state index contributed by atoms with van der Waals surface area (Å²) in [5.41, 5.74) is -0.0208. The van der Waals surface area contributed by atoms with Crippen molar-refractivity contribution in [1.29, 1.82) is 0 Å². The molecule has 0 fully saturated rings. The standard InChI is InChI=1S/C18H16O8/c1-23-12-5-8(4-10(19)16(12)21)9-7-26-11-6-13(24-2)17(22)18(25-3)14(11)15(9)20/h4-7,19,21-22H,1-3H3. The van der Waals surface area contributed by atoms with E-state index in [9.17, 15) is 20.1 Å². The van der Waals surface area contributed by atoms with Gasteiger partial charge in [-0.05, 0) is 17.7 Å². The van der Waals surface area contributed by atoms with Crippen molar-refractivity contribution in [1.82, 2.24) is 0 Å². The lowest BCUT2D eigenvalue weighted by Gasteiger charge is -2.12. The first kappa shape index (κ1) is 17.3. The van der Waals surface area contributed by atoms with Gasteiger partial charge in [0.05, 0.1) is 26.9 Å². The fraction of sp³-hybridized carbons (Fsp3) is 0.167. The molecule has 0 atom stereocenters. The summed E-state index contributed by atoms with van der Waals surface area (Å²) in [6.45, 7) is 0. The highest BCUT2D eigenvalue weighted by Crippen LogP contribution is 2.43. The van der Waals surface area contributed by atoms with Gasteiger partial charge in [-0.1, -0.05) is 0 Å². The van der Waals surface area contributed by atoms with Crippen molar-refractivity contribution in [2.45, 2.75) is 0 Å². The molecule has 0 aliphatic carbocycles. The number of aromatic hydroxyl groups is 3. The van der Waals surface area contributed by atoms with Crippen LogP contribution in [0.25, 0.3) is 22.1 Å². The van der Waals surface area contributed by atoms with E-state index in [0.29, 0.717) is 0 Å². The van der Waals surface area contributed by atoms with Crippen molar-refractivity contribution in [3.8, 4) is 45.6 Å². The van der Waals surface area contributed by atoms with Gasteiger partial charge >= 0.3 is 0 Å². The van der Waals surface area contributed by atoms with Gasteiger partial charge in [-0.25, -0.2) is 0 Å². The molecule has 2 aromatic carbocycles. The van der Waals surface area contributed by atoms with Crippen LogP contribution in [0.4, 0.5) is 0 Å². The van der Waals surface area contributed by atoms with E-state index in [0.717, 1.165) is 0 Å². The summed E-state index contributed by atoms with van der Waals surface area (Å²) in [5.74, 6) is -1.24. The average molecular weight is 360 g/mol. The average Bonchev–Trinajstić information content (AvgIpc) is 2.64. The summed E-state index contributed by atoms with van der Waals surface area (Å²) in [6.07, 6.45) is 1.20. The Bertz CT molecular complexity index is 1050. The van der Waals surface area contributed by atoms with Gasteiger partial charge in [-0.3, -0.25) is 4.79 Å². The molecule has 0 unspecified atom stereocenters. The molecule has 1 aromatic heterocycles. The molecular formula is C18H16O8. The van der Waals surface area contributed by atoms with E-state index in [4.69, 9.17) is 18.6 Å². The molecule has 0 aliphatic rings. The summed E-state index contributed by atoms with van der Waals surface area (Å²) in [7, 11) is 3.97. The van der Waals surface area contributed by atoms with E-state index in [-0.39, 0.29) is 45.1 Å². The summed E-state index contributed by atoms with van der Waals surface area (Å²) in [4.78, 5) is 13.0. The Labute approximate surface area is 147 Å². The maximum absolute atomic E-state index is 13.0. The van der Waals surface area contributed by atoms with Gasteiger partial charge in [0.25, 0.3) is 0 Å². The second-order valence-electron chi connectivity index (χ2n) is 5.36. The number of phenolic OH excluding ortho intramolecular Hbond substituents is 3. The third kappa shape index (κ3) is 2.52. The number of phenols is 3. The number of ether oxygens (including phenoxy) is 3. The van der Waals surface area contributed by atoms with Gasteiger partial charge in [0.1, 0.15) is 17.2 Å². The molecule has 3 aromatic rings.